The number of amides is 1. The first-order valence-corrected chi connectivity index (χ1v) is 9.98. The zero-order valence-corrected chi connectivity index (χ0v) is 17.0. The first-order valence-electron chi connectivity index (χ1n) is 9.98. The standard InChI is InChI=1S/C19H17F6N5O4/c20-18(21,22)9-6-26-10(5-8(9)17(33)34)30-3-1-7(2-4-30)13-11-12(19(23,24)25)14(31)16(32)27-15(11)29-28-13/h5-7,12,14,31H,1-4H2,(H,33,34)(H2,27,28,29,32). The van der Waals surface area contributed by atoms with Crippen molar-refractivity contribution in [1.29, 1.82) is 0 Å². The number of nitrogens with zero attached hydrogens (tertiary/aromatic N) is 3. The summed E-state index contributed by atoms with van der Waals surface area (Å²) in [5, 5.41) is 27.5. The molecule has 4 N–H and O–H groups in total. The zero-order valence-electron chi connectivity index (χ0n) is 17.0. The number of fused-ring (bicyclic) bond motifs is 1. The molecule has 1 amide bonds. The van der Waals surface area contributed by atoms with Crippen LogP contribution in [0.4, 0.5) is 38.0 Å². The maximum absolute atomic E-state index is 13.6. The highest BCUT2D eigenvalue weighted by Gasteiger charge is 2.54. The Kier molecular flexibility index (Phi) is 5.70. The number of anilines is 2. The van der Waals surface area contributed by atoms with Gasteiger partial charge in [0.25, 0.3) is 5.91 Å². The van der Waals surface area contributed by atoms with Crippen LogP contribution in [0.1, 0.15) is 51.9 Å². The highest BCUT2D eigenvalue weighted by atomic mass is 19.4. The lowest BCUT2D eigenvalue weighted by atomic mass is 9.83. The lowest BCUT2D eigenvalue weighted by Gasteiger charge is -2.35. The summed E-state index contributed by atoms with van der Waals surface area (Å²) in [6, 6.07) is 0.815. The molecule has 1 fully saturated rings. The van der Waals surface area contributed by atoms with Crippen molar-refractivity contribution < 1.29 is 46.1 Å². The van der Waals surface area contributed by atoms with Crippen molar-refractivity contribution in [3.63, 3.8) is 0 Å². The fourth-order valence-electron chi connectivity index (χ4n) is 4.35. The van der Waals surface area contributed by atoms with Crippen molar-refractivity contribution in [2.75, 3.05) is 23.3 Å². The molecule has 2 unspecified atom stereocenters. The van der Waals surface area contributed by atoms with Crippen LogP contribution in [0.15, 0.2) is 12.3 Å². The molecular weight excluding hydrogens is 476 g/mol. The molecule has 9 nitrogen and oxygen atoms in total. The fourth-order valence-corrected chi connectivity index (χ4v) is 4.35. The third-order valence-corrected chi connectivity index (χ3v) is 5.98. The van der Waals surface area contributed by atoms with E-state index in [1.807, 2.05) is 0 Å². The second-order valence-corrected chi connectivity index (χ2v) is 8.01. The molecule has 15 heteroatoms. The summed E-state index contributed by atoms with van der Waals surface area (Å²) in [5.74, 6) is -6.26. The van der Waals surface area contributed by atoms with Gasteiger partial charge in [-0.15, -0.1) is 0 Å². The number of carbonyl (C=O) groups is 2. The van der Waals surface area contributed by atoms with Crippen molar-refractivity contribution in [3.05, 3.63) is 34.6 Å². The van der Waals surface area contributed by atoms with Crippen LogP contribution in [-0.4, -0.2) is 62.6 Å². The largest absolute Gasteiger partial charge is 0.478 e. The fraction of sp³-hybridized carbons (Fsp3) is 0.474. The minimum absolute atomic E-state index is 0.00802. The monoisotopic (exact) mass is 493 g/mol. The van der Waals surface area contributed by atoms with E-state index in [1.54, 1.807) is 0 Å². The Morgan fingerprint density at radius 2 is 1.79 bits per heavy atom. The zero-order chi connectivity index (χ0) is 25.0. The molecule has 2 aromatic rings. The molecule has 184 valence electrons. The third kappa shape index (κ3) is 4.15. The highest BCUT2D eigenvalue weighted by molar-refractivity contribution is 5.97. The van der Waals surface area contributed by atoms with Gasteiger partial charge >= 0.3 is 18.3 Å². The van der Waals surface area contributed by atoms with Crippen LogP contribution in [0.5, 0.6) is 0 Å². The Balaban J connectivity index is 1.57. The lowest BCUT2D eigenvalue weighted by molar-refractivity contribution is -0.177. The van der Waals surface area contributed by atoms with Crippen molar-refractivity contribution in [2.24, 2.45) is 0 Å². The van der Waals surface area contributed by atoms with Crippen molar-refractivity contribution in [3.8, 4) is 0 Å². The Labute approximate surface area is 186 Å². The number of carboxylic acid groups (broad SMARTS) is 1. The number of carboxylic acids is 1. The number of nitrogens with one attached hydrogen (secondary N) is 2. The van der Waals surface area contributed by atoms with E-state index in [0.29, 0.717) is 6.20 Å². The molecule has 0 aliphatic carbocycles. The van der Waals surface area contributed by atoms with Crippen LogP contribution in [0, 0.1) is 0 Å². The Morgan fingerprint density at radius 3 is 2.35 bits per heavy atom. The van der Waals surface area contributed by atoms with Gasteiger partial charge in [-0.25, -0.2) is 9.78 Å². The smallest absolute Gasteiger partial charge is 0.418 e. The number of aromatic amines is 1. The average Bonchev–Trinajstić information content (AvgIpc) is 3.15. The van der Waals surface area contributed by atoms with Crippen molar-refractivity contribution >= 4 is 23.5 Å². The number of carbonyl (C=O) groups excluding carboxylic acids is 1. The number of halogens is 6. The molecule has 34 heavy (non-hydrogen) atoms. The minimum atomic E-state index is -4.91. The number of H-pyrrole nitrogens is 1. The van der Waals surface area contributed by atoms with E-state index in [9.17, 15) is 41.0 Å². The Bertz CT molecular complexity index is 1120. The van der Waals surface area contributed by atoms with Gasteiger partial charge < -0.3 is 20.4 Å². The summed E-state index contributed by atoms with van der Waals surface area (Å²) < 4.78 is 80.1. The summed E-state index contributed by atoms with van der Waals surface area (Å²) in [6.45, 7) is 0.308. The number of aliphatic hydroxyl groups is 1. The van der Waals surface area contributed by atoms with Crippen LogP contribution in [0.25, 0.3) is 0 Å². The molecule has 0 saturated carbocycles. The van der Waals surface area contributed by atoms with Crippen molar-refractivity contribution in [2.45, 2.75) is 43.1 Å². The van der Waals surface area contributed by atoms with E-state index in [-0.39, 0.29) is 48.8 Å². The highest BCUT2D eigenvalue weighted by Crippen LogP contribution is 2.47. The second kappa shape index (κ2) is 8.14. The molecule has 2 aliphatic heterocycles. The summed E-state index contributed by atoms with van der Waals surface area (Å²) in [5.41, 5.74) is -2.59. The molecular formula is C19H17F6N5O4. The van der Waals surface area contributed by atoms with E-state index in [2.05, 4.69) is 20.5 Å². The Hall–Kier alpha value is -3.36. The van der Waals surface area contributed by atoms with Gasteiger partial charge in [0.05, 0.1) is 11.1 Å². The molecule has 4 heterocycles. The summed E-state index contributed by atoms with van der Waals surface area (Å²) in [7, 11) is 0. The van der Waals surface area contributed by atoms with E-state index in [4.69, 9.17) is 5.11 Å². The van der Waals surface area contributed by atoms with Gasteiger partial charge in [-0.1, -0.05) is 0 Å². The number of aromatic nitrogens is 3. The number of piperidine rings is 1. The molecule has 0 bridgehead atoms. The topological polar surface area (TPSA) is 131 Å². The Morgan fingerprint density at radius 1 is 1.15 bits per heavy atom. The maximum Gasteiger partial charge on any atom is 0.418 e. The van der Waals surface area contributed by atoms with Gasteiger partial charge in [-0.2, -0.15) is 31.4 Å². The number of aromatic carboxylic acids is 1. The van der Waals surface area contributed by atoms with Gasteiger partial charge in [0.1, 0.15) is 17.8 Å². The molecule has 0 radical (unpaired) electrons. The van der Waals surface area contributed by atoms with E-state index >= 15 is 0 Å². The SMILES string of the molecule is O=C(O)c1cc(N2CCC(c3[nH]nc4c3C(C(F)(F)F)C(O)C(=O)N4)CC2)ncc1C(F)(F)F. The average molecular weight is 493 g/mol. The molecule has 4 rings (SSSR count). The number of hydrogen-bond acceptors (Lipinski definition) is 6. The van der Waals surface area contributed by atoms with Crippen LogP contribution in [-0.2, 0) is 11.0 Å². The number of hydrogen-bond donors (Lipinski definition) is 4. The summed E-state index contributed by atoms with van der Waals surface area (Å²) >= 11 is 0. The van der Waals surface area contributed by atoms with Gasteiger partial charge in [0, 0.05) is 36.5 Å². The first kappa shape index (κ1) is 23.8. The predicted octanol–water partition coefficient (Wildman–Crippen LogP) is 2.86. The maximum atomic E-state index is 13.6. The van der Waals surface area contributed by atoms with Gasteiger partial charge in [0.15, 0.2) is 5.82 Å². The minimum Gasteiger partial charge on any atom is -0.478 e. The van der Waals surface area contributed by atoms with E-state index < -0.39 is 53.3 Å². The van der Waals surface area contributed by atoms with E-state index in [1.165, 1.54) is 4.90 Å². The van der Waals surface area contributed by atoms with Crippen LogP contribution in [0.2, 0.25) is 0 Å². The molecule has 2 aromatic heterocycles. The van der Waals surface area contributed by atoms with Gasteiger partial charge in [-0.3, -0.25) is 9.89 Å². The van der Waals surface area contributed by atoms with Crippen molar-refractivity contribution in [1.82, 2.24) is 15.2 Å². The van der Waals surface area contributed by atoms with Gasteiger partial charge in [-0.05, 0) is 18.9 Å². The first-order chi connectivity index (χ1) is 15.8. The van der Waals surface area contributed by atoms with Crippen LogP contribution < -0.4 is 10.2 Å². The molecule has 2 atom stereocenters. The molecule has 1 saturated heterocycles. The van der Waals surface area contributed by atoms with Crippen LogP contribution in [0.3, 0.4) is 0 Å². The number of rotatable bonds is 3. The molecule has 0 spiro atoms. The predicted molar refractivity (Wildman–Crippen MR) is 102 cm³/mol. The second-order valence-electron chi connectivity index (χ2n) is 8.01. The number of pyridine rings is 1. The summed E-state index contributed by atoms with van der Waals surface area (Å²) in [6.07, 6.45) is -11.3. The quantitative estimate of drug-likeness (QED) is 0.484. The molecule has 0 aromatic carbocycles. The lowest BCUT2D eigenvalue weighted by Crippen LogP contribution is -2.44. The number of alkyl halides is 6. The normalized spacial score (nSPS) is 21.9. The third-order valence-electron chi connectivity index (χ3n) is 5.98. The number of aliphatic hydroxyl groups excluding tert-OH is 1. The van der Waals surface area contributed by atoms with Gasteiger partial charge in [0.2, 0.25) is 0 Å². The summed E-state index contributed by atoms with van der Waals surface area (Å²) in [4.78, 5) is 28.3. The van der Waals surface area contributed by atoms with E-state index in [0.717, 1.165) is 6.07 Å². The molecule has 2 aliphatic rings. The van der Waals surface area contributed by atoms with Crippen LogP contribution >= 0.6 is 0 Å².